The van der Waals surface area contributed by atoms with E-state index in [2.05, 4.69) is 4.98 Å². The highest BCUT2D eigenvalue weighted by Gasteiger charge is 2.21. The van der Waals surface area contributed by atoms with Gasteiger partial charge in [-0.3, -0.25) is 4.79 Å². The lowest BCUT2D eigenvalue weighted by Gasteiger charge is -2.24. The van der Waals surface area contributed by atoms with Crippen molar-refractivity contribution in [3.8, 4) is 0 Å². The van der Waals surface area contributed by atoms with Gasteiger partial charge in [-0.2, -0.15) is 0 Å². The van der Waals surface area contributed by atoms with Crippen LogP contribution in [0.15, 0.2) is 30.5 Å². The summed E-state index contributed by atoms with van der Waals surface area (Å²) in [5.41, 5.74) is 8.17. The normalized spacial score (nSPS) is 12.5. The van der Waals surface area contributed by atoms with E-state index < -0.39 is 6.04 Å². The molecule has 21 heavy (non-hydrogen) atoms. The molecule has 1 atom stereocenters. The van der Waals surface area contributed by atoms with Crippen molar-refractivity contribution in [2.75, 3.05) is 19.7 Å². The summed E-state index contributed by atoms with van der Waals surface area (Å²) in [5.74, 6) is -0.101. The maximum Gasteiger partial charge on any atom is 0.239 e. The fourth-order valence-electron chi connectivity index (χ4n) is 2.58. The van der Waals surface area contributed by atoms with Crippen molar-refractivity contribution in [1.29, 1.82) is 0 Å². The van der Waals surface area contributed by atoms with Gasteiger partial charge in [0.2, 0.25) is 5.91 Å². The number of amides is 1. The van der Waals surface area contributed by atoms with E-state index in [1.807, 2.05) is 37.4 Å². The van der Waals surface area contributed by atoms with Crippen molar-refractivity contribution in [2.24, 2.45) is 5.73 Å². The Bertz CT molecular complexity index is 588. The number of nitrogens with one attached hydrogen (secondary N) is 1. The van der Waals surface area contributed by atoms with E-state index >= 15 is 0 Å². The van der Waals surface area contributed by atoms with Gasteiger partial charge in [0.05, 0.1) is 12.6 Å². The second-order valence-electron chi connectivity index (χ2n) is 5.22. The summed E-state index contributed by atoms with van der Waals surface area (Å²) in [5, 5.41) is 10.2. The second-order valence-corrected chi connectivity index (χ2v) is 5.22. The molecule has 0 saturated heterocycles. The first kappa shape index (κ1) is 15.5. The maximum absolute atomic E-state index is 12.4. The molecule has 2 aromatic rings. The van der Waals surface area contributed by atoms with Crippen LogP contribution in [0.1, 0.15) is 18.9 Å². The highest BCUT2D eigenvalue weighted by Crippen LogP contribution is 2.19. The minimum atomic E-state index is -0.581. The number of H-pyrrole nitrogens is 1. The van der Waals surface area contributed by atoms with Gasteiger partial charge in [-0.05, 0) is 24.5 Å². The molecule has 4 N–H and O–H groups in total. The van der Waals surface area contributed by atoms with Crippen LogP contribution in [0, 0.1) is 0 Å². The topological polar surface area (TPSA) is 82.3 Å². The fraction of sp³-hybridized carbons (Fsp3) is 0.438. The van der Waals surface area contributed by atoms with Gasteiger partial charge in [0.25, 0.3) is 0 Å². The molecule has 0 fully saturated rings. The van der Waals surface area contributed by atoms with Gasteiger partial charge in [-0.15, -0.1) is 0 Å². The monoisotopic (exact) mass is 289 g/mol. The molecule has 1 heterocycles. The van der Waals surface area contributed by atoms with Crippen molar-refractivity contribution in [1.82, 2.24) is 9.88 Å². The number of aromatic amines is 1. The maximum atomic E-state index is 12.4. The molecular weight excluding hydrogens is 266 g/mol. The largest absolute Gasteiger partial charge is 0.395 e. The molecule has 0 unspecified atom stereocenters. The zero-order valence-corrected chi connectivity index (χ0v) is 12.4. The molecule has 0 spiro atoms. The molecule has 5 nitrogen and oxygen atoms in total. The van der Waals surface area contributed by atoms with Crippen molar-refractivity contribution in [2.45, 2.75) is 25.8 Å². The van der Waals surface area contributed by atoms with E-state index in [1.54, 1.807) is 4.90 Å². The predicted octanol–water partition coefficient (Wildman–Crippen LogP) is 1.27. The smallest absolute Gasteiger partial charge is 0.239 e. The summed E-state index contributed by atoms with van der Waals surface area (Å²) in [7, 11) is 0. The Hall–Kier alpha value is -1.85. The third-order valence-electron chi connectivity index (χ3n) is 3.61. The number of aliphatic hydroxyl groups excluding tert-OH is 1. The SMILES string of the molecule is CCCN(CCO)C(=O)[C@H](N)Cc1c[nH]c2ccccc12. The predicted molar refractivity (Wildman–Crippen MR) is 83.9 cm³/mol. The first-order valence-corrected chi connectivity index (χ1v) is 7.37. The first-order chi connectivity index (χ1) is 10.2. The lowest BCUT2D eigenvalue weighted by molar-refractivity contribution is -0.133. The Morgan fingerprint density at radius 3 is 2.86 bits per heavy atom. The zero-order valence-electron chi connectivity index (χ0n) is 12.4. The van der Waals surface area contributed by atoms with Gasteiger partial charge < -0.3 is 20.7 Å². The zero-order chi connectivity index (χ0) is 15.2. The van der Waals surface area contributed by atoms with E-state index in [-0.39, 0.29) is 12.5 Å². The van der Waals surface area contributed by atoms with Gasteiger partial charge >= 0.3 is 0 Å². The van der Waals surface area contributed by atoms with Gasteiger partial charge in [0.1, 0.15) is 0 Å². The molecule has 1 amide bonds. The number of hydrogen-bond acceptors (Lipinski definition) is 3. The summed E-state index contributed by atoms with van der Waals surface area (Å²) >= 11 is 0. The summed E-state index contributed by atoms with van der Waals surface area (Å²) < 4.78 is 0. The third kappa shape index (κ3) is 3.62. The number of carbonyl (C=O) groups excluding carboxylic acids is 1. The number of fused-ring (bicyclic) bond motifs is 1. The van der Waals surface area contributed by atoms with Gasteiger partial charge in [0, 0.05) is 30.2 Å². The number of benzene rings is 1. The number of aliphatic hydroxyl groups is 1. The molecule has 114 valence electrons. The quantitative estimate of drug-likeness (QED) is 0.718. The first-order valence-electron chi connectivity index (χ1n) is 7.37. The van der Waals surface area contributed by atoms with Crippen LogP contribution in [0.4, 0.5) is 0 Å². The molecular formula is C16H23N3O2. The molecule has 5 heteroatoms. The standard InChI is InChI=1S/C16H23N3O2/c1-2-7-19(8-9-20)16(21)14(17)10-12-11-18-15-6-4-3-5-13(12)15/h3-6,11,14,18,20H,2,7-10,17H2,1H3/t14-/m1/s1. The third-order valence-corrected chi connectivity index (χ3v) is 3.61. The van der Waals surface area contributed by atoms with Crippen LogP contribution in [-0.2, 0) is 11.2 Å². The molecule has 0 aliphatic carbocycles. The van der Waals surface area contributed by atoms with E-state index in [4.69, 9.17) is 10.8 Å². The highest BCUT2D eigenvalue weighted by atomic mass is 16.3. The van der Waals surface area contributed by atoms with Gasteiger partial charge in [-0.1, -0.05) is 25.1 Å². The summed E-state index contributed by atoms with van der Waals surface area (Å²) in [6, 6.07) is 7.39. The molecule has 0 aliphatic heterocycles. The van der Waals surface area contributed by atoms with E-state index in [9.17, 15) is 4.79 Å². The summed E-state index contributed by atoms with van der Waals surface area (Å²) in [6.45, 7) is 2.93. The number of para-hydroxylation sites is 1. The minimum absolute atomic E-state index is 0.0362. The number of carbonyl (C=O) groups is 1. The molecule has 0 aliphatic rings. The summed E-state index contributed by atoms with van der Waals surface area (Å²) in [6.07, 6.45) is 3.26. The number of aromatic nitrogens is 1. The Morgan fingerprint density at radius 1 is 1.38 bits per heavy atom. The number of rotatable bonds is 7. The highest BCUT2D eigenvalue weighted by molar-refractivity contribution is 5.86. The van der Waals surface area contributed by atoms with E-state index in [0.717, 1.165) is 22.9 Å². The van der Waals surface area contributed by atoms with E-state index in [1.165, 1.54) is 0 Å². The Labute approximate surface area is 124 Å². The molecule has 2 rings (SSSR count). The second kappa shape index (κ2) is 7.24. The van der Waals surface area contributed by atoms with Crippen LogP contribution < -0.4 is 5.73 Å². The lowest BCUT2D eigenvalue weighted by Crippen LogP contribution is -2.46. The van der Waals surface area contributed by atoms with Crippen LogP contribution >= 0.6 is 0 Å². The average Bonchev–Trinajstić information content (AvgIpc) is 2.89. The number of nitrogens with zero attached hydrogens (tertiary/aromatic N) is 1. The Morgan fingerprint density at radius 2 is 2.14 bits per heavy atom. The molecule has 0 bridgehead atoms. The molecule has 1 aromatic heterocycles. The van der Waals surface area contributed by atoms with Crippen LogP contribution in [-0.4, -0.2) is 46.6 Å². The van der Waals surface area contributed by atoms with Gasteiger partial charge in [-0.25, -0.2) is 0 Å². The Balaban J connectivity index is 2.09. The molecule has 0 radical (unpaired) electrons. The average molecular weight is 289 g/mol. The molecule has 0 saturated carbocycles. The minimum Gasteiger partial charge on any atom is -0.395 e. The van der Waals surface area contributed by atoms with Gasteiger partial charge in [0.15, 0.2) is 0 Å². The van der Waals surface area contributed by atoms with Crippen LogP contribution in [0.3, 0.4) is 0 Å². The van der Waals surface area contributed by atoms with Crippen LogP contribution in [0.5, 0.6) is 0 Å². The number of hydrogen-bond donors (Lipinski definition) is 3. The fourth-order valence-corrected chi connectivity index (χ4v) is 2.58. The van der Waals surface area contributed by atoms with Crippen LogP contribution in [0.25, 0.3) is 10.9 Å². The lowest BCUT2D eigenvalue weighted by atomic mass is 10.0. The number of nitrogens with two attached hydrogens (primary N) is 1. The van der Waals surface area contributed by atoms with Crippen molar-refractivity contribution in [3.05, 3.63) is 36.0 Å². The van der Waals surface area contributed by atoms with Crippen molar-refractivity contribution >= 4 is 16.8 Å². The molecule has 1 aromatic carbocycles. The Kier molecular flexibility index (Phi) is 5.36. The van der Waals surface area contributed by atoms with Crippen molar-refractivity contribution in [3.63, 3.8) is 0 Å². The van der Waals surface area contributed by atoms with Crippen LogP contribution in [0.2, 0.25) is 0 Å². The van der Waals surface area contributed by atoms with E-state index in [0.29, 0.717) is 19.5 Å². The summed E-state index contributed by atoms with van der Waals surface area (Å²) in [4.78, 5) is 17.2. The van der Waals surface area contributed by atoms with Crippen molar-refractivity contribution < 1.29 is 9.90 Å².